The largest absolute Gasteiger partial charge is 0.302 e. The van der Waals surface area contributed by atoms with Gasteiger partial charge in [-0.15, -0.1) is 0 Å². The summed E-state index contributed by atoms with van der Waals surface area (Å²) >= 11 is 0. The van der Waals surface area contributed by atoms with Crippen molar-refractivity contribution in [2.24, 2.45) is 0 Å². The van der Waals surface area contributed by atoms with Crippen LogP contribution in [0.15, 0.2) is 60.7 Å². The molecule has 0 aliphatic carbocycles. The van der Waals surface area contributed by atoms with E-state index in [0.29, 0.717) is 0 Å². The first kappa shape index (κ1) is 11.2. The number of nitrogens with zero attached hydrogens (tertiary/aromatic N) is 1. The summed E-state index contributed by atoms with van der Waals surface area (Å²) in [6.07, 6.45) is 1.06. The van der Waals surface area contributed by atoms with Crippen LogP contribution in [0.5, 0.6) is 0 Å². The Labute approximate surface area is 107 Å². The molecule has 1 unspecified atom stereocenters. The summed E-state index contributed by atoms with van der Waals surface area (Å²) in [5, 5.41) is 0. The maximum atomic E-state index is 11.1. The number of hydrogen-bond acceptors (Lipinski definition) is 2. The third-order valence-corrected chi connectivity index (χ3v) is 3.46. The Hall–Kier alpha value is -1.93. The van der Waals surface area contributed by atoms with Crippen molar-refractivity contribution in [3.8, 4) is 0 Å². The first-order chi connectivity index (χ1) is 8.90. The molecule has 0 N–H and O–H groups in total. The van der Waals surface area contributed by atoms with E-state index in [2.05, 4.69) is 29.2 Å². The Morgan fingerprint density at radius 3 is 2.17 bits per heavy atom. The fourth-order valence-electron chi connectivity index (χ4n) is 2.49. The van der Waals surface area contributed by atoms with Crippen LogP contribution in [0.2, 0.25) is 0 Å². The number of benzene rings is 2. The van der Waals surface area contributed by atoms with Gasteiger partial charge in [0.2, 0.25) is 0 Å². The normalized spacial score (nSPS) is 25.7. The highest BCUT2D eigenvalue weighted by molar-refractivity contribution is 5.65. The number of carbonyl (C=O) groups excluding carboxylic acids is 1. The zero-order chi connectivity index (χ0) is 12.4. The highest BCUT2D eigenvalue weighted by Crippen LogP contribution is 2.42. The summed E-state index contributed by atoms with van der Waals surface area (Å²) in [7, 11) is 0. The molecular weight excluding hydrogens is 222 g/mol. The molecule has 0 bridgehead atoms. The number of rotatable bonds is 4. The summed E-state index contributed by atoms with van der Waals surface area (Å²) in [4.78, 5) is 13.3. The Morgan fingerprint density at radius 2 is 1.56 bits per heavy atom. The monoisotopic (exact) mass is 237 g/mol. The molecule has 1 fully saturated rings. The average Bonchev–Trinajstić information content (AvgIpc) is 3.14. The quantitative estimate of drug-likeness (QED) is 0.602. The number of aldehydes is 1. The standard InChI is InChI=1S/C16H15NO/c18-12-15-16(14-9-5-2-6-10-14)17(15)11-13-7-3-1-4-8-13/h1-10,12,15-16H,11H2/t15-,16+,17?/m0/s1. The fraction of sp³-hybridized carbons (Fsp3) is 0.188. The minimum atomic E-state index is 0.0348. The Bertz CT molecular complexity index is 523. The van der Waals surface area contributed by atoms with E-state index in [1.54, 1.807) is 0 Å². The lowest BCUT2D eigenvalue weighted by Gasteiger charge is -2.03. The third-order valence-electron chi connectivity index (χ3n) is 3.46. The minimum Gasteiger partial charge on any atom is -0.302 e. The van der Waals surface area contributed by atoms with Crippen molar-refractivity contribution in [3.05, 3.63) is 71.8 Å². The number of carbonyl (C=O) groups is 1. The van der Waals surface area contributed by atoms with Crippen LogP contribution < -0.4 is 0 Å². The highest BCUT2D eigenvalue weighted by Gasteiger charge is 2.47. The van der Waals surface area contributed by atoms with E-state index in [-0.39, 0.29) is 12.1 Å². The maximum Gasteiger partial charge on any atom is 0.139 e. The molecule has 2 heteroatoms. The van der Waals surface area contributed by atoms with Gasteiger partial charge >= 0.3 is 0 Å². The second-order valence-corrected chi connectivity index (χ2v) is 4.64. The maximum absolute atomic E-state index is 11.1. The van der Waals surface area contributed by atoms with Crippen LogP contribution in [0.25, 0.3) is 0 Å². The third kappa shape index (κ3) is 2.07. The van der Waals surface area contributed by atoms with Crippen LogP contribution in [-0.2, 0) is 11.3 Å². The summed E-state index contributed by atoms with van der Waals surface area (Å²) < 4.78 is 0. The Kier molecular flexibility index (Phi) is 2.95. The molecule has 2 nitrogen and oxygen atoms in total. The molecule has 0 spiro atoms. The smallest absolute Gasteiger partial charge is 0.139 e. The lowest BCUT2D eigenvalue weighted by atomic mass is 10.1. The fourth-order valence-corrected chi connectivity index (χ4v) is 2.49. The SMILES string of the molecule is O=C[C@H]1[C@@H](c2ccccc2)N1Cc1ccccc1. The average molecular weight is 237 g/mol. The molecule has 0 amide bonds. The molecule has 1 saturated heterocycles. The van der Waals surface area contributed by atoms with Gasteiger partial charge in [0, 0.05) is 6.54 Å². The van der Waals surface area contributed by atoms with Crippen molar-refractivity contribution in [2.45, 2.75) is 18.6 Å². The van der Waals surface area contributed by atoms with E-state index in [9.17, 15) is 4.79 Å². The molecule has 2 aromatic carbocycles. The van der Waals surface area contributed by atoms with Gasteiger partial charge in [-0.3, -0.25) is 4.90 Å². The molecule has 1 heterocycles. The highest BCUT2D eigenvalue weighted by atomic mass is 16.1. The van der Waals surface area contributed by atoms with Crippen molar-refractivity contribution < 1.29 is 4.79 Å². The summed E-state index contributed by atoms with van der Waals surface area (Å²) in [6.45, 7) is 0.837. The van der Waals surface area contributed by atoms with Crippen molar-refractivity contribution in [3.63, 3.8) is 0 Å². The van der Waals surface area contributed by atoms with E-state index in [0.717, 1.165) is 12.8 Å². The molecule has 1 aliphatic heterocycles. The van der Waals surface area contributed by atoms with Crippen LogP contribution in [0, 0.1) is 0 Å². The lowest BCUT2D eigenvalue weighted by molar-refractivity contribution is -0.108. The predicted molar refractivity (Wildman–Crippen MR) is 71.0 cm³/mol. The molecule has 3 atom stereocenters. The van der Waals surface area contributed by atoms with Crippen molar-refractivity contribution in [2.75, 3.05) is 0 Å². The molecule has 3 rings (SSSR count). The van der Waals surface area contributed by atoms with Gasteiger partial charge < -0.3 is 4.79 Å². The van der Waals surface area contributed by atoms with Crippen molar-refractivity contribution >= 4 is 6.29 Å². The first-order valence-corrected chi connectivity index (χ1v) is 6.20. The molecule has 90 valence electrons. The number of hydrogen-bond donors (Lipinski definition) is 0. The second-order valence-electron chi connectivity index (χ2n) is 4.64. The lowest BCUT2D eigenvalue weighted by Crippen LogP contribution is -2.02. The van der Waals surface area contributed by atoms with Crippen molar-refractivity contribution in [1.29, 1.82) is 0 Å². The van der Waals surface area contributed by atoms with Crippen LogP contribution in [0.1, 0.15) is 17.2 Å². The van der Waals surface area contributed by atoms with Gasteiger partial charge in [-0.1, -0.05) is 60.7 Å². The van der Waals surface area contributed by atoms with Crippen LogP contribution in [0.3, 0.4) is 0 Å². The van der Waals surface area contributed by atoms with E-state index >= 15 is 0 Å². The zero-order valence-corrected chi connectivity index (χ0v) is 10.1. The molecule has 0 aromatic heterocycles. The van der Waals surface area contributed by atoms with E-state index in [4.69, 9.17) is 0 Å². The summed E-state index contributed by atoms with van der Waals surface area (Å²) in [6, 6.07) is 20.8. The van der Waals surface area contributed by atoms with Gasteiger partial charge in [-0.25, -0.2) is 0 Å². The van der Waals surface area contributed by atoms with Crippen molar-refractivity contribution in [1.82, 2.24) is 4.90 Å². The van der Waals surface area contributed by atoms with E-state index < -0.39 is 0 Å². The molecule has 1 aliphatic rings. The molecular formula is C16H15NO. The molecule has 0 saturated carbocycles. The Morgan fingerprint density at radius 1 is 0.944 bits per heavy atom. The van der Waals surface area contributed by atoms with E-state index in [1.165, 1.54) is 11.1 Å². The second kappa shape index (κ2) is 4.75. The molecule has 0 radical (unpaired) electrons. The first-order valence-electron chi connectivity index (χ1n) is 6.20. The minimum absolute atomic E-state index is 0.0348. The van der Waals surface area contributed by atoms with Crippen LogP contribution >= 0.6 is 0 Å². The predicted octanol–water partition coefficient (Wildman–Crippen LogP) is 2.81. The summed E-state index contributed by atoms with van der Waals surface area (Å²) in [5.41, 5.74) is 2.48. The van der Waals surface area contributed by atoms with Gasteiger partial charge in [-0.2, -0.15) is 0 Å². The van der Waals surface area contributed by atoms with Gasteiger partial charge in [0.25, 0.3) is 0 Å². The van der Waals surface area contributed by atoms with E-state index in [1.807, 2.05) is 36.4 Å². The topological polar surface area (TPSA) is 20.1 Å². The molecule has 18 heavy (non-hydrogen) atoms. The summed E-state index contributed by atoms with van der Waals surface area (Å²) in [5.74, 6) is 0. The van der Waals surface area contributed by atoms with Crippen LogP contribution in [-0.4, -0.2) is 17.2 Å². The van der Waals surface area contributed by atoms with Gasteiger partial charge in [0.05, 0.1) is 12.1 Å². The van der Waals surface area contributed by atoms with Crippen LogP contribution in [0.4, 0.5) is 0 Å². The zero-order valence-electron chi connectivity index (χ0n) is 10.1. The van der Waals surface area contributed by atoms with Gasteiger partial charge in [0.1, 0.15) is 6.29 Å². The van der Waals surface area contributed by atoms with Gasteiger partial charge in [-0.05, 0) is 11.1 Å². The molecule has 2 aromatic rings. The van der Waals surface area contributed by atoms with Gasteiger partial charge in [0.15, 0.2) is 0 Å². The Balaban J connectivity index is 1.76.